The van der Waals surface area contributed by atoms with E-state index in [4.69, 9.17) is 5.73 Å². The van der Waals surface area contributed by atoms with Crippen molar-refractivity contribution >= 4 is 0 Å². The maximum absolute atomic E-state index is 13.5. The van der Waals surface area contributed by atoms with Crippen molar-refractivity contribution in [3.63, 3.8) is 0 Å². The number of alkyl halides is 3. The number of hydrogen-bond acceptors (Lipinski definition) is 2. The fraction of sp³-hybridized carbons (Fsp3) is 0.200. The third-order valence-corrected chi connectivity index (χ3v) is 2.91. The number of ether oxygens (including phenoxy) is 1. The van der Waals surface area contributed by atoms with E-state index in [1.807, 2.05) is 0 Å². The minimum absolute atomic E-state index is 0.140. The normalized spacial score (nSPS) is 13.0. The summed E-state index contributed by atoms with van der Waals surface area (Å²) in [6, 6.07) is 8.94. The van der Waals surface area contributed by atoms with Gasteiger partial charge in [-0.3, -0.25) is 0 Å². The second-order valence-corrected chi connectivity index (χ2v) is 4.56. The van der Waals surface area contributed by atoms with Crippen molar-refractivity contribution in [1.29, 1.82) is 0 Å². The number of nitrogens with two attached hydrogens (primary N) is 1. The lowest BCUT2D eigenvalue weighted by atomic mass is 9.95. The van der Waals surface area contributed by atoms with Gasteiger partial charge in [0.25, 0.3) is 0 Å². The Balaban J connectivity index is 2.59. The molecule has 0 radical (unpaired) electrons. The van der Waals surface area contributed by atoms with Crippen molar-refractivity contribution in [3.05, 3.63) is 53.8 Å². The van der Waals surface area contributed by atoms with Crippen LogP contribution in [-0.4, -0.2) is 6.36 Å². The molecule has 2 aromatic carbocycles. The Morgan fingerprint density at radius 1 is 1.05 bits per heavy atom. The molecule has 6 heteroatoms. The van der Waals surface area contributed by atoms with Crippen LogP contribution in [0.2, 0.25) is 0 Å². The molecule has 2 nitrogen and oxygen atoms in total. The van der Waals surface area contributed by atoms with Crippen LogP contribution in [0.4, 0.5) is 17.6 Å². The van der Waals surface area contributed by atoms with Gasteiger partial charge in [-0.15, -0.1) is 13.2 Å². The summed E-state index contributed by atoms with van der Waals surface area (Å²) in [6.45, 7) is 1.67. The highest BCUT2D eigenvalue weighted by Gasteiger charge is 2.32. The van der Waals surface area contributed by atoms with Gasteiger partial charge in [0, 0.05) is 11.6 Å². The SMILES string of the molecule is CC(N)c1ccc(F)cc1-c1ccccc1OC(F)(F)F. The van der Waals surface area contributed by atoms with Crippen molar-refractivity contribution in [2.24, 2.45) is 5.73 Å². The molecule has 0 saturated carbocycles. The van der Waals surface area contributed by atoms with Crippen LogP contribution in [0, 0.1) is 5.82 Å². The third-order valence-electron chi connectivity index (χ3n) is 2.91. The zero-order valence-corrected chi connectivity index (χ0v) is 11.1. The molecule has 0 spiro atoms. The third kappa shape index (κ3) is 3.72. The summed E-state index contributed by atoms with van der Waals surface area (Å²) in [4.78, 5) is 0. The predicted octanol–water partition coefficient (Wildman–Crippen LogP) is 4.41. The maximum atomic E-state index is 13.5. The van der Waals surface area contributed by atoms with E-state index in [0.29, 0.717) is 5.56 Å². The van der Waals surface area contributed by atoms with Crippen molar-refractivity contribution in [2.45, 2.75) is 19.3 Å². The number of halogens is 4. The molecule has 21 heavy (non-hydrogen) atoms. The van der Waals surface area contributed by atoms with Gasteiger partial charge in [-0.2, -0.15) is 0 Å². The van der Waals surface area contributed by atoms with Gasteiger partial charge >= 0.3 is 6.36 Å². The van der Waals surface area contributed by atoms with Gasteiger partial charge in [-0.25, -0.2) is 4.39 Å². The number of benzene rings is 2. The first kappa shape index (κ1) is 15.3. The van der Waals surface area contributed by atoms with E-state index in [0.717, 1.165) is 6.07 Å². The molecule has 2 aromatic rings. The Bertz CT molecular complexity index is 638. The molecule has 1 atom stereocenters. The van der Waals surface area contributed by atoms with Crippen LogP contribution >= 0.6 is 0 Å². The lowest BCUT2D eigenvalue weighted by Gasteiger charge is -2.17. The zero-order valence-electron chi connectivity index (χ0n) is 11.1. The van der Waals surface area contributed by atoms with E-state index in [2.05, 4.69) is 4.74 Å². The zero-order chi connectivity index (χ0) is 15.6. The Kier molecular flexibility index (Phi) is 4.18. The lowest BCUT2D eigenvalue weighted by molar-refractivity contribution is -0.274. The number of rotatable bonds is 3. The quantitative estimate of drug-likeness (QED) is 0.852. The molecule has 0 amide bonds. The topological polar surface area (TPSA) is 35.2 Å². The maximum Gasteiger partial charge on any atom is 0.573 e. The largest absolute Gasteiger partial charge is 0.573 e. The van der Waals surface area contributed by atoms with Crippen LogP contribution in [0.15, 0.2) is 42.5 Å². The minimum atomic E-state index is -4.82. The van der Waals surface area contributed by atoms with Gasteiger partial charge in [0.05, 0.1) is 0 Å². The molecule has 0 heterocycles. The average Bonchev–Trinajstić information content (AvgIpc) is 2.37. The van der Waals surface area contributed by atoms with Crippen LogP contribution < -0.4 is 10.5 Å². The second kappa shape index (κ2) is 5.73. The second-order valence-electron chi connectivity index (χ2n) is 4.56. The summed E-state index contributed by atoms with van der Waals surface area (Å²) in [5, 5.41) is 0. The number of para-hydroxylation sites is 1. The average molecular weight is 299 g/mol. The van der Waals surface area contributed by atoms with Crippen LogP contribution in [0.5, 0.6) is 5.75 Å². The molecule has 0 aliphatic heterocycles. The van der Waals surface area contributed by atoms with E-state index in [1.165, 1.54) is 30.3 Å². The first-order valence-electron chi connectivity index (χ1n) is 6.18. The first-order chi connectivity index (χ1) is 9.78. The van der Waals surface area contributed by atoms with Crippen LogP contribution in [0.25, 0.3) is 11.1 Å². The highest BCUT2D eigenvalue weighted by molar-refractivity contribution is 5.74. The summed E-state index contributed by atoms with van der Waals surface area (Å²) in [5.41, 5.74) is 6.75. The van der Waals surface area contributed by atoms with Gasteiger partial charge < -0.3 is 10.5 Å². The molecule has 112 valence electrons. The molecule has 0 saturated heterocycles. The van der Waals surface area contributed by atoms with E-state index < -0.39 is 24.0 Å². The van der Waals surface area contributed by atoms with Crippen LogP contribution in [-0.2, 0) is 0 Å². The Morgan fingerprint density at radius 3 is 2.33 bits per heavy atom. The highest BCUT2D eigenvalue weighted by Crippen LogP contribution is 2.37. The molecule has 2 N–H and O–H groups in total. The summed E-state index contributed by atoms with van der Waals surface area (Å²) in [6.07, 6.45) is -4.82. The monoisotopic (exact) mass is 299 g/mol. The molecule has 2 rings (SSSR count). The number of hydrogen-bond donors (Lipinski definition) is 1. The molecule has 0 bridgehead atoms. The van der Waals surface area contributed by atoms with E-state index in [1.54, 1.807) is 13.0 Å². The minimum Gasteiger partial charge on any atom is -0.405 e. The fourth-order valence-electron chi connectivity index (χ4n) is 2.06. The van der Waals surface area contributed by atoms with Crippen molar-refractivity contribution in [2.75, 3.05) is 0 Å². The molecule has 0 aliphatic rings. The van der Waals surface area contributed by atoms with Crippen LogP contribution in [0.1, 0.15) is 18.5 Å². The molecular formula is C15H13F4NO. The standard InChI is InChI=1S/C15H13F4NO/c1-9(20)11-7-6-10(16)8-13(11)12-4-2-3-5-14(12)21-15(17,18)19/h2-9H,20H2,1H3. The van der Waals surface area contributed by atoms with E-state index in [-0.39, 0.29) is 11.1 Å². The smallest absolute Gasteiger partial charge is 0.405 e. The Morgan fingerprint density at radius 2 is 1.71 bits per heavy atom. The van der Waals surface area contributed by atoms with Crippen molar-refractivity contribution in [1.82, 2.24) is 0 Å². The van der Waals surface area contributed by atoms with Gasteiger partial charge in [0.15, 0.2) is 0 Å². The van der Waals surface area contributed by atoms with Crippen molar-refractivity contribution < 1.29 is 22.3 Å². The molecule has 0 aromatic heterocycles. The molecule has 1 unspecified atom stereocenters. The fourth-order valence-corrected chi connectivity index (χ4v) is 2.06. The first-order valence-corrected chi connectivity index (χ1v) is 6.18. The van der Waals surface area contributed by atoms with Gasteiger partial charge in [0.1, 0.15) is 11.6 Å². The summed E-state index contributed by atoms with van der Waals surface area (Å²) >= 11 is 0. The van der Waals surface area contributed by atoms with Crippen molar-refractivity contribution in [3.8, 4) is 16.9 Å². The summed E-state index contributed by atoms with van der Waals surface area (Å²) < 4.78 is 54.8. The highest BCUT2D eigenvalue weighted by atomic mass is 19.4. The molecule has 0 fully saturated rings. The van der Waals surface area contributed by atoms with Gasteiger partial charge in [0.2, 0.25) is 0 Å². The van der Waals surface area contributed by atoms with Gasteiger partial charge in [-0.1, -0.05) is 24.3 Å². The van der Waals surface area contributed by atoms with Crippen LogP contribution in [0.3, 0.4) is 0 Å². The summed E-state index contributed by atoms with van der Waals surface area (Å²) in [5.74, 6) is -0.950. The van der Waals surface area contributed by atoms with Gasteiger partial charge in [-0.05, 0) is 36.2 Å². The molecule has 0 aliphatic carbocycles. The van der Waals surface area contributed by atoms with E-state index >= 15 is 0 Å². The Labute approximate surface area is 119 Å². The predicted molar refractivity (Wildman–Crippen MR) is 71.1 cm³/mol. The lowest BCUT2D eigenvalue weighted by Crippen LogP contribution is -2.17. The Hall–Kier alpha value is -2.08. The molecular weight excluding hydrogens is 286 g/mol. The summed E-state index contributed by atoms with van der Waals surface area (Å²) in [7, 11) is 0. The van der Waals surface area contributed by atoms with E-state index in [9.17, 15) is 17.6 Å².